The molecule has 0 saturated carbocycles. The molecule has 10 heteroatoms. The van der Waals surface area contributed by atoms with Crippen molar-refractivity contribution in [2.75, 3.05) is 22.2 Å². The van der Waals surface area contributed by atoms with E-state index >= 15 is 0 Å². The average Bonchev–Trinajstić information content (AvgIpc) is 3.46. The Morgan fingerprint density at radius 2 is 2.03 bits per heavy atom. The predicted octanol–water partition coefficient (Wildman–Crippen LogP) is 2.87. The largest absolute Gasteiger partial charge is 0.461 e. The fourth-order valence-electron chi connectivity index (χ4n) is 3.59. The van der Waals surface area contributed by atoms with Crippen LogP contribution in [0.15, 0.2) is 58.3 Å². The first kappa shape index (κ1) is 20.7. The number of rotatable bonds is 7. The number of furan rings is 1. The molecule has 0 bridgehead atoms. The molecule has 1 amide bonds. The van der Waals surface area contributed by atoms with Crippen LogP contribution >= 0.6 is 11.8 Å². The van der Waals surface area contributed by atoms with E-state index in [1.54, 1.807) is 17.2 Å². The Hall–Kier alpha value is -2.59. The second kappa shape index (κ2) is 8.65. The molecule has 1 fully saturated rings. The number of nitrogens with zero attached hydrogens (tertiary/aromatic N) is 4. The zero-order valence-corrected chi connectivity index (χ0v) is 18.1. The average molecular weight is 447 g/mol. The van der Waals surface area contributed by atoms with E-state index in [0.29, 0.717) is 35.4 Å². The lowest BCUT2D eigenvalue weighted by Crippen LogP contribution is -2.42. The van der Waals surface area contributed by atoms with Gasteiger partial charge in [0.1, 0.15) is 0 Å². The molecule has 3 heterocycles. The van der Waals surface area contributed by atoms with Crippen LogP contribution in [0.25, 0.3) is 11.6 Å². The number of thioether (sulfide) groups is 1. The van der Waals surface area contributed by atoms with Crippen molar-refractivity contribution in [3.8, 4) is 11.6 Å². The summed E-state index contributed by atoms with van der Waals surface area (Å²) in [6.07, 6.45) is 2.02. The highest BCUT2D eigenvalue weighted by Crippen LogP contribution is 2.28. The number of para-hydroxylation sites is 1. The third-order valence-electron chi connectivity index (χ3n) is 4.98. The van der Waals surface area contributed by atoms with Crippen LogP contribution in [0.4, 0.5) is 5.69 Å². The molecular weight excluding hydrogens is 424 g/mol. The number of hydrogen-bond donors (Lipinski definition) is 0. The summed E-state index contributed by atoms with van der Waals surface area (Å²) in [6.45, 7) is 2.60. The summed E-state index contributed by atoms with van der Waals surface area (Å²) in [7, 11) is -3.12. The van der Waals surface area contributed by atoms with Gasteiger partial charge in [-0.2, -0.15) is 0 Å². The van der Waals surface area contributed by atoms with Crippen molar-refractivity contribution in [2.45, 2.75) is 31.1 Å². The lowest BCUT2D eigenvalue weighted by atomic mass is 10.2. The normalized spacial score (nSPS) is 17.8. The maximum absolute atomic E-state index is 13.2. The zero-order chi connectivity index (χ0) is 21.1. The van der Waals surface area contributed by atoms with Crippen LogP contribution in [-0.4, -0.2) is 52.4 Å². The van der Waals surface area contributed by atoms with E-state index in [4.69, 9.17) is 4.42 Å². The van der Waals surface area contributed by atoms with E-state index < -0.39 is 9.84 Å². The van der Waals surface area contributed by atoms with E-state index in [1.807, 2.05) is 47.9 Å². The molecule has 3 aromatic rings. The first-order chi connectivity index (χ1) is 14.5. The smallest absolute Gasteiger partial charge is 0.237 e. The summed E-state index contributed by atoms with van der Waals surface area (Å²) < 4.78 is 31.3. The molecule has 30 heavy (non-hydrogen) atoms. The molecule has 2 aromatic heterocycles. The van der Waals surface area contributed by atoms with Gasteiger partial charge in [0.15, 0.2) is 26.6 Å². The molecule has 0 unspecified atom stereocenters. The number of aromatic nitrogens is 3. The van der Waals surface area contributed by atoms with E-state index in [0.717, 1.165) is 0 Å². The molecule has 1 aliphatic heterocycles. The number of amides is 1. The predicted molar refractivity (Wildman–Crippen MR) is 115 cm³/mol. The van der Waals surface area contributed by atoms with Crippen LogP contribution in [-0.2, 0) is 21.2 Å². The van der Waals surface area contributed by atoms with Crippen LogP contribution in [0.1, 0.15) is 13.3 Å². The number of anilines is 1. The first-order valence-electron chi connectivity index (χ1n) is 9.66. The van der Waals surface area contributed by atoms with Gasteiger partial charge >= 0.3 is 0 Å². The summed E-state index contributed by atoms with van der Waals surface area (Å²) in [5.41, 5.74) is 0.707. The topological polar surface area (TPSA) is 98.3 Å². The van der Waals surface area contributed by atoms with Gasteiger partial charge in [0.05, 0.1) is 29.6 Å². The third-order valence-corrected chi connectivity index (χ3v) is 7.68. The van der Waals surface area contributed by atoms with Gasteiger partial charge in [-0.1, -0.05) is 30.0 Å². The van der Waals surface area contributed by atoms with E-state index in [9.17, 15) is 13.2 Å². The van der Waals surface area contributed by atoms with Crippen molar-refractivity contribution in [3.05, 3.63) is 48.7 Å². The fraction of sp³-hybridized carbons (Fsp3) is 0.350. The monoisotopic (exact) mass is 446 g/mol. The SMILES string of the molecule is CCn1c(SCC(=O)N(c2ccccc2)[C@@H]2CCS(=O)(=O)C2)nnc1-c1ccco1. The maximum Gasteiger partial charge on any atom is 0.237 e. The Morgan fingerprint density at radius 1 is 1.23 bits per heavy atom. The zero-order valence-electron chi connectivity index (χ0n) is 16.5. The number of benzene rings is 1. The van der Waals surface area contributed by atoms with E-state index in [1.165, 1.54) is 11.8 Å². The highest BCUT2D eigenvalue weighted by molar-refractivity contribution is 7.99. The van der Waals surface area contributed by atoms with Gasteiger partial charge in [0.2, 0.25) is 5.91 Å². The van der Waals surface area contributed by atoms with E-state index in [2.05, 4.69) is 10.2 Å². The standard InChI is InChI=1S/C20H22N4O4S2/c1-2-23-19(17-9-6-11-28-17)21-22-20(23)29-13-18(25)24(15-7-4-3-5-8-15)16-10-12-30(26,27)14-16/h3-9,11,16H,2,10,12-14H2,1H3/t16-/m1/s1. The number of hydrogen-bond acceptors (Lipinski definition) is 7. The van der Waals surface area contributed by atoms with Crippen molar-refractivity contribution < 1.29 is 17.6 Å². The molecular formula is C20H22N4O4S2. The van der Waals surface area contributed by atoms with E-state index in [-0.39, 0.29) is 29.2 Å². The van der Waals surface area contributed by atoms with Crippen LogP contribution in [0.2, 0.25) is 0 Å². The Balaban J connectivity index is 1.54. The molecule has 1 saturated heterocycles. The lowest BCUT2D eigenvalue weighted by molar-refractivity contribution is -0.116. The Labute approximate surface area is 179 Å². The highest BCUT2D eigenvalue weighted by Gasteiger charge is 2.35. The van der Waals surface area contributed by atoms with Crippen molar-refractivity contribution >= 4 is 33.2 Å². The first-order valence-corrected chi connectivity index (χ1v) is 12.5. The van der Waals surface area contributed by atoms with Crippen LogP contribution in [0.5, 0.6) is 0 Å². The van der Waals surface area contributed by atoms with Gasteiger partial charge < -0.3 is 9.32 Å². The van der Waals surface area contributed by atoms with Crippen molar-refractivity contribution in [1.29, 1.82) is 0 Å². The number of carbonyl (C=O) groups excluding carboxylic acids is 1. The second-order valence-electron chi connectivity index (χ2n) is 6.97. The minimum absolute atomic E-state index is 0.00785. The van der Waals surface area contributed by atoms with Gasteiger partial charge in [0.25, 0.3) is 0 Å². The summed E-state index contributed by atoms with van der Waals surface area (Å²) >= 11 is 1.29. The molecule has 0 radical (unpaired) electrons. The Kier molecular flexibility index (Phi) is 5.96. The highest BCUT2D eigenvalue weighted by atomic mass is 32.2. The van der Waals surface area contributed by atoms with Gasteiger partial charge in [-0.25, -0.2) is 8.42 Å². The van der Waals surface area contributed by atoms with Crippen LogP contribution < -0.4 is 4.90 Å². The molecule has 0 aliphatic carbocycles. The molecule has 1 atom stereocenters. The van der Waals surface area contributed by atoms with Gasteiger partial charge in [-0.05, 0) is 37.6 Å². The minimum Gasteiger partial charge on any atom is -0.461 e. The molecule has 0 N–H and O–H groups in total. The minimum atomic E-state index is -3.12. The molecule has 1 aliphatic rings. The fourth-order valence-corrected chi connectivity index (χ4v) is 6.15. The van der Waals surface area contributed by atoms with Gasteiger partial charge in [-0.15, -0.1) is 10.2 Å². The Bertz CT molecular complexity index is 1110. The lowest BCUT2D eigenvalue weighted by Gasteiger charge is -2.28. The van der Waals surface area contributed by atoms with Crippen molar-refractivity contribution in [1.82, 2.24) is 14.8 Å². The van der Waals surface area contributed by atoms with Gasteiger partial charge in [0, 0.05) is 12.2 Å². The number of sulfone groups is 1. The molecule has 158 valence electrons. The summed E-state index contributed by atoms with van der Waals surface area (Å²) in [4.78, 5) is 14.8. The number of carbonyl (C=O) groups is 1. The Morgan fingerprint density at radius 3 is 2.67 bits per heavy atom. The molecule has 1 aromatic carbocycles. The van der Waals surface area contributed by atoms with Crippen molar-refractivity contribution in [2.24, 2.45) is 0 Å². The molecule has 4 rings (SSSR count). The van der Waals surface area contributed by atoms with Crippen LogP contribution in [0.3, 0.4) is 0 Å². The summed E-state index contributed by atoms with van der Waals surface area (Å²) in [5, 5.41) is 9.03. The second-order valence-corrected chi connectivity index (χ2v) is 10.1. The molecule has 8 nitrogen and oxygen atoms in total. The summed E-state index contributed by atoms with van der Waals surface area (Å²) in [5.74, 6) is 1.30. The van der Waals surface area contributed by atoms with Crippen LogP contribution in [0, 0.1) is 0 Å². The maximum atomic E-state index is 13.2. The summed E-state index contributed by atoms with van der Waals surface area (Å²) in [6, 6.07) is 12.5. The van der Waals surface area contributed by atoms with Crippen molar-refractivity contribution in [3.63, 3.8) is 0 Å². The molecule has 0 spiro atoms. The third kappa shape index (κ3) is 4.29. The quantitative estimate of drug-likeness (QED) is 0.515. The van der Waals surface area contributed by atoms with Gasteiger partial charge in [-0.3, -0.25) is 9.36 Å².